The van der Waals surface area contributed by atoms with Gasteiger partial charge in [-0.2, -0.15) is 0 Å². The lowest BCUT2D eigenvalue weighted by Gasteiger charge is -2.15. The molecule has 0 unspecified atom stereocenters. The second-order valence-electron chi connectivity index (χ2n) is 12.9. The Labute approximate surface area is 299 Å². The maximum Gasteiger partial charge on any atom is 0.0719 e. The van der Waals surface area contributed by atoms with Crippen LogP contribution in [0.4, 0.5) is 0 Å². The molecule has 4 heterocycles. The van der Waals surface area contributed by atoms with E-state index in [1.165, 1.54) is 168 Å². The van der Waals surface area contributed by atoms with Gasteiger partial charge in [-0.15, -0.1) is 45.3 Å². The van der Waals surface area contributed by atoms with Crippen LogP contribution in [0.1, 0.15) is 153 Å². The summed E-state index contributed by atoms with van der Waals surface area (Å²) < 4.78 is 11.7. The lowest BCUT2D eigenvalue weighted by molar-refractivity contribution is 0.554. The number of rotatable bonds is 22. The molecule has 0 saturated heterocycles. The van der Waals surface area contributed by atoms with E-state index in [1.54, 1.807) is 31.3 Å². The average Bonchev–Trinajstić information content (AvgIpc) is 3.74. The van der Waals surface area contributed by atoms with E-state index in [0.29, 0.717) is 0 Å². The molecule has 0 fully saturated rings. The van der Waals surface area contributed by atoms with Crippen LogP contribution in [0.3, 0.4) is 0 Å². The largest absolute Gasteiger partial charge is 0.133 e. The zero-order valence-corrected chi connectivity index (χ0v) is 33.5. The van der Waals surface area contributed by atoms with Crippen molar-refractivity contribution >= 4 is 116 Å². The highest BCUT2D eigenvalue weighted by molar-refractivity contribution is 9.11. The van der Waals surface area contributed by atoms with Gasteiger partial charge in [0.05, 0.1) is 26.4 Å². The van der Waals surface area contributed by atoms with Gasteiger partial charge in [0.2, 0.25) is 0 Å². The number of hydrogen-bond acceptors (Lipinski definition) is 4. The zero-order chi connectivity index (χ0) is 30.7. The van der Waals surface area contributed by atoms with Crippen molar-refractivity contribution in [1.29, 1.82) is 0 Å². The second kappa shape index (κ2) is 18.5. The fourth-order valence-electron chi connectivity index (χ4n) is 7.02. The number of unbranched alkanes of at least 4 members (excludes halogenated alkanes) is 18. The summed E-state index contributed by atoms with van der Waals surface area (Å²) in [4.78, 5) is 0. The normalized spacial score (nSPS) is 12.3. The van der Waals surface area contributed by atoms with E-state index in [4.69, 9.17) is 0 Å². The van der Waals surface area contributed by atoms with Crippen molar-refractivity contribution in [3.8, 4) is 0 Å². The van der Waals surface area contributed by atoms with Gasteiger partial charge in [-0.3, -0.25) is 0 Å². The molecule has 0 atom stereocenters. The van der Waals surface area contributed by atoms with Crippen LogP contribution >= 0.6 is 77.2 Å². The topological polar surface area (TPSA) is 0 Å². The Morgan fingerprint density at radius 2 is 0.727 bits per heavy atom. The molecule has 0 aliphatic heterocycles. The van der Waals surface area contributed by atoms with Crippen LogP contribution in [0.25, 0.3) is 39.0 Å². The van der Waals surface area contributed by atoms with Crippen molar-refractivity contribution in [1.82, 2.24) is 0 Å². The summed E-state index contributed by atoms with van der Waals surface area (Å²) in [6.07, 6.45) is 30.5. The van der Waals surface area contributed by atoms with Gasteiger partial charge in [-0.05, 0) is 80.8 Å². The number of hydrogen-bond donors (Lipinski definition) is 0. The van der Waals surface area contributed by atoms with Crippen molar-refractivity contribution < 1.29 is 0 Å². The number of benzene rings is 1. The molecule has 44 heavy (non-hydrogen) atoms. The molecule has 0 bridgehead atoms. The van der Waals surface area contributed by atoms with Crippen molar-refractivity contribution in [2.24, 2.45) is 0 Å². The molecule has 6 heteroatoms. The molecular formula is C38H52Br2S4. The summed E-state index contributed by atoms with van der Waals surface area (Å²) in [6.45, 7) is 4.62. The van der Waals surface area contributed by atoms with Crippen LogP contribution < -0.4 is 0 Å². The van der Waals surface area contributed by atoms with Crippen LogP contribution in [0.5, 0.6) is 0 Å². The zero-order valence-electron chi connectivity index (χ0n) is 27.1. The molecule has 242 valence electrons. The predicted octanol–water partition coefficient (Wildman–Crippen LogP) is 17.0. The van der Waals surface area contributed by atoms with Crippen LogP contribution in [0, 0.1) is 0 Å². The van der Waals surface area contributed by atoms with Gasteiger partial charge in [-0.1, -0.05) is 129 Å². The summed E-state index contributed by atoms with van der Waals surface area (Å²) >= 11 is 15.7. The van der Waals surface area contributed by atoms with Gasteiger partial charge in [0.25, 0.3) is 0 Å². The van der Waals surface area contributed by atoms with E-state index in [2.05, 4.69) is 57.8 Å². The van der Waals surface area contributed by atoms with E-state index in [0.717, 1.165) is 0 Å². The molecule has 5 aromatic rings. The average molecular weight is 797 g/mol. The Morgan fingerprint density at radius 3 is 1.07 bits per heavy atom. The summed E-state index contributed by atoms with van der Waals surface area (Å²) in [6, 6.07) is 4.74. The Bertz CT molecular complexity index is 1460. The Morgan fingerprint density at radius 1 is 0.409 bits per heavy atom. The molecule has 0 radical (unpaired) electrons. The SMILES string of the molecule is CCCCCCCCCCCCc1c(CCCCCCCCCCCC)c2c3sc(Br)cc3sc2c2sc3cc(Br)sc3c12. The van der Waals surface area contributed by atoms with Crippen molar-refractivity contribution in [3.05, 3.63) is 30.8 Å². The summed E-state index contributed by atoms with van der Waals surface area (Å²) in [5.74, 6) is 0. The van der Waals surface area contributed by atoms with Crippen LogP contribution in [-0.2, 0) is 12.8 Å². The Hall–Kier alpha value is 0.0200. The van der Waals surface area contributed by atoms with Gasteiger partial charge in [0.1, 0.15) is 0 Å². The van der Waals surface area contributed by atoms with Crippen molar-refractivity contribution in [3.63, 3.8) is 0 Å². The monoisotopic (exact) mass is 794 g/mol. The molecule has 0 aliphatic rings. The molecule has 0 saturated carbocycles. The smallest absolute Gasteiger partial charge is 0.0719 e. The fourth-order valence-corrected chi connectivity index (χ4v) is 13.7. The molecule has 0 nitrogen and oxygen atoms in total. The Balaban J connectivity index is 1.33. The van der Waals surface area contributed by atoms with Crippen molar-refractivity contribution in [2.75, 3.05) is 0 Å². The minimum absolute atomic E-state index is 1.24. The van der Waals surface area contributed by atoms with Gasteiger partial charge in [0.15, 0.2) is 0 Å². The first-order valence-electron chi connectivity index (χ1n) is 17.8. The molecule has 4 aromatic heterocycles. The van der Waals surface area contributed by atoms with E-state index < -0.39 is 0 Å². The van der Waals surface area contributed by atoms with E-state index in [9.17, 15) is 0 Å². The van der Waals surface area contributed by atoms with E-state index >= 15 is 0 Å². The van der Waals surface area contributed by atoms with Crippen molar-refractivity contribution in [2.45, 2.75) is 155 Å². The minimum Gasteiger partial charge on any atom is -0.133 e. The summed E-state index contributed by atoms with van der Waals surface area (Å²) in [5, 5.41) is 3.22. The fraction of sp³-hybridized carbons (Fsp3) is 0.632. The number of fused-ring (bicyclic) bond motifs is 7. The molecule has 0 N–H and O–H groups in total. The van der Waals surface area contributed by atoms with Gasteiger partial charge >= 0.3 is 0 Å². The third-order valence-corrected chi connectivity index (χ3v) is 15.4. The molecular weight excluding hydrogens is 744 g/mol. The highest BCUT2D eigenvalue weighted by Gasteiger charge is 2.24. The summed E-state index contributed by atoms with van der Waals surface area (Å²) in [7, 11) is 0. The molecule has 1 aromatic carbocycles. The molecule has 5 rings (SSSR count). The first kappa shape index (κ1) is 35.3. The second-order valence-corrected chi connectivity index (χ2v) is 19.9. The number of aryl methyl sites for hydroxylation is 2. The lowest BCUT2D eigenvalue weighted by atomic mass is 9.91. The first-order chi connectivity index (χ1) is 21.6. The van der Waals surface area contributed by atoms with E-state index in [-0.39, 0.29) is 0 Å². The molecule has 0 aliphatic carbocycles. The van der Waals surface area contributed by atoms with Crippen LogP contribution in [-0.4, -0.2) is 0 Å². The quantitative estimate of drug-likeness (QED) is 0.0612. The standard InChI is InChI=1S/C38H52Br2S4/c1-3-5-7-9-11-13-15-17-19-21-23-27-28(24-22-20-18-16-14-12-10-8-6-4-2)34-36-30(26-32(40)44-36)42-38(34)37-33(27)35-29(41-37)25-31(39)43-35/h25-26H,3-24H2,1-2H3. The Kier molecular flexibility index (Phi) is 14.9. The highest BCUT2D eigenvalue weighted by Crippen LogP contribution is 2.53. The van der Waals surface area contributed by atoms with E-state index in [1.807, 2.05) is 45.3 Å². The van der Waals surface area contributed by atoms with Crippen LogP contribution in [0.15, 0.2) is 19.7 Å². The summed E-state index contributed by atoms with van der Waals surface area (Å²) in [5.41, 5.74) is 3.40. The first-order valence-corrected chi connectivity index (χ1v) is 22.6. The molecule has 0 amide bonds. The highest BCUT2D eigenvalue weighted by atomic mass is 79.9. The van der Waals surface area contributed by atoms with Crippen LogP contribution in [0.2, 0.25) is 0 Å². The van der Waals surface area contributed by atoms with Gasteiger partial charge < -0.3 is 0 Å². The third kappa shape index (κ3) is 9.13. The third-order valence-electron chi connectivity index (χ3n) is 9.40. The maximum absolute atomic E-state index is 3.83. The minimum atomic E-state index is 1.24. The number of halogens is 2. The maximum atomic E-state index is 3.83. The lowest BCUT2D eigenvalue weighted by Crippen LogP contribution is -1.98. The molecule has 0 spiro atoms. The number of thiophene rings is 4. The predicted molar refractivity (Wildman–Crippen MR) is 214 cm³/mol. The van der Waals surface area contributed by atoms with Gasteiger partial charge in [0, 0.05) is 20.2 Å². The van der Waals surface area contributed by atoms with Gasteiger partial charge in [-0.25, -0.2) is 0 Å².